The predicted octanol–water partition coefficient (Wildman–Crippen LogP) is 2.34. The van der Waals surface area contributed by atoms with E-state index in [9.17, 15) is 0 Å². The van der Waals surface area contributed by atoms with Gasteiger partial charge in [0, 0.05) is 13.1 Å². The van der Waals surface area contributed by atoms with Gasteiger partial charge in [-0.1, -0.05) is 0 Å². The topological polar surface area (TPSA) is 48.6 Å². The van der Waals surface area contributed by atoms with Gasteiger partial charge in [-0.2, -0.15) is 5.26 Å². The van der Waals surface area contributed by atoms with E-state index >= 15 is 0 Å². The van der Waals surface area contributed by atoms with Gasteiger partial charge >= 0.3 is 0 Å². The summed E-state index contributed by atoms with van der Waals surface area (Å²) in [6.45, 7) is 1.87. The quantitative estimate of drug-likeness (QED) is 0.577. The SMILES string of the molecule is COc1ccc(N=C(C#N)N2CCCC2)cc1. The molecule has 0 amide bonds. The minimum atomic E-state index is 0.507. The van der Waals surface area contributed by atoms with E-state index < -0.39 is 0 Å². The van der Waals surface area contributed by atoms with Gasteiger partial charge in [0.25, 0.3) is 0 Å². The molecule has 0 atom stereocenters. The van der Waals surface area contributed by atoms with Crippen molar-refractivity contribution in [2.45, 2.75) is 12.8 Å². The molecule has 1 aromatic rings. The average Bonchev–Trinajstić information content (AvgIpc) is 2.90. The smallest absolute Gasteiger partial charge is 0.209 e. The first kappa shape index (κ1) is 11.5. The maximum Gasteiger partial charge on any atom is 0.209 e. The second kappa shape index (κ2) is 5.35. The third kappa shape index (κ3) is 2.76. The lowest BCUT2D eigenvalue weighted by Gasteiger charge is -2.13. The Morgan fingerprint density at radius 3 is 2.47 bits per heavy atom. The van der Waals surface area contributed by atoms with Crippen LogP contribution in [0.1, 0.15) is 12.8 Å². The number of likely N-dealkylation sites (tertiary alicyclic amines) is 1. The number of ether oxygens (including phenoxy) is 1. The van der Waals surface area contributed by atoms with Crippen molar-refractivity contribution in [3.8, 4) is 11.8 Å². The number of benzene rings is 1. The van der Waals surface area contributed by atoms with Gasteiger partial charge in [-0.15, -0.1) is 0 Å². The summed E-state index contributed by atoms with van der Waals surface area (Å²) < 4.78 is 5.08. The molecule has 4 nitrogen and oxygen atoms in total. The Balaban J connectivity index is 2.17. The van der Waals surface area contributed by atoms with Gasteiger partial charge in [-0.3, -0.25) is 0 Å². The number of hydrogen-bond donors (Lipinski definition) is 0. The zero-order valence-corrected chi connectivity index (χ0v) is 9.89. The molecular weight excluding hydrogens is 214 g/mol. The number of aliphatic imine (C=N–C) groups is 1. The first-order valence-corrected chi connectivity index (χ1v) is 5.71. The average molecular weight is 229 g/mol. The first-order valence-electron chi connectivity index (χ1n) is 5.71. The van der Waals surface area contributed by atoms with E-state index in [1.165, 1.54) is 0 Å². The minimum Gasteiger partial charge on any atom is -0.497 e. The third-order valence-corrected chi connectivity index (χ3v) is 2.81. The van der Waals surface area contributed by atoms with E-state index in [-0.39, 0.29) is 0 Å². The zero-order chi connectivity index (χ0) is 12.1. The Labute approximate surface area is 101 Å². The van der Waals surface area contributed by atoms with Gasteiger partial charge in [0.1, 0.15) is 11.8 Å². The molecule has 0 bridgehead atoms. The molecule has 0 spiro atoms. The fourth-order valence-corrected chi connectivity index (χ4v) is 1.87. The van der Waals surface area contributed by atoms with Crippen LogP contribution < -0.4 is 4.74 Å². The lowest BCUT2D eigenvalue weighted by molar-refractivity contribution is 0.415. The molecule has 0 aromatic heterocycles. The number of nitriles is 1. The maximum absolute atomic E-state index is 9.10. The summed E-state index contributed by atoms with van der Waals surface area (Å²) in [5.74, 6) is 1.30. The van der Waals surface area contributed by atoms with Crippen molar-refractivity contribution in [2.75, 3.05) is 20.2 Å². The van der Waals surface area contributed by atoms with Gasteiger partial charge in [-0.25, -0.2) is 4.99 Å². The van der Waals surface area contributed by atoms with Crippen molar-refractivity contribution < 1.29 is 4.74 Å². The Morgan fingerprint density at radius 1 is 1.29 bits per heavy atom. The fourth-order valence-electron chi connectivity index (χ4n) is 1.87. The molecule has 0 unspecified atom stereocenters. The highest BCUT2D eigenvalue weighted by molar-refractivity contribution is 5.98. The number of hydrogen-bond acceptors (Lipinski definition) is 3. The molecule has 0 N–H and O–H groups in total. The minimum absolute atomic E-state index is 0.507. The zero-order valence-electron chi connectivity index (χ0n) is 9.89. The molecule has 1 fully saturated rings. The second-order valence-electron chi connectivity index (χ2n) is 3.94. The van der Waals surface area contributed by atoms with Crippen molar-refractivity contribution in [1.29, 1.82) is 5.26 Å². The Kier molecular flexibility index (Phi) is 3.61. The molecule has 0 radical (unpaired) electrons. The molecule has 0 aliphatic carbocycles. The van der Waals surface area contributed by atoms with Crippen LogP contribution >= 0.6 is 0 Å². The Morgan fingerprint density at radius 2 is 1.94 bits per heavy atom. The highest BCUT2D eigenvalue weighted by Gasteiger charge is 2.15. The predicted molar refractivity (Wildman–Crippen MR) is 66.5 cm³/mol. The molecule has 0 saturated carbocycles. The second-order valence-corrected chi connectivity index (χ2v) is 3.94. The van der Waals surface area contributed by atoms with Crippen LogP contribution in [0.4, 0.5) is 5.69 Å². The summed E-state index contributed by atoms with van der Waals surface area (Å²) in [7, 11) is 1.63. The number of nitrogens with zero attached hydrogens (tertiary/aromatic N) is 3. The molecule has 1 heterocycles. The van der Waals surface area contributed by atoms with Crippen LogP contribution in [-0.2, 0) is 0 Å². The molecule has 1 saturated heterocycles. The van der Waals surface area contributed by atoms with Crippen LogP contribution in [0, 0.1) is 11.3 Å². The molecule has 1 aliphatic rings. The van der Waals surface area contributed by atoms with Crippen LogP contribution in [-0.4, -0.2) is 30.9 Å². The third-order valence-electron chi connectivity index (χ3n) is 2.81. The molecule has 1 aliphatic heterocycles. The lowest BCUT2D eigenvalue weighted by Crippen LogP contribution is -2.26. The molecule has 17 heavy (non-hydrogen) atoms. The molecule has 1 aromatic carbocycles. The van der Waals surface area contributed by atoms with Gasteiger partial charge in [0.15, 0.2) is 0 Å². The molecule has 4 heteroatoms. The van der Waals surface area contributed by atoms with Gasteiger partial charge in [0.05, 0.1) is 12.8 Å². The monoisotopic (exact) mass is 229 g/mol. The fraction of sp³-hybridized carbons (Fsp3) is 0.385. The van der Waals surface area contributed by atoms with Gasteiger partial charge in [0.2, 0.25) is 5.84 Å². The highest BCUT2D eigenvalue weighted by atomic mass is 16.5. The van der Waals surface area contributed by atoms with E-state index in [4.69, 9.17) is 10.00 Å². The van der Waals surface area contributed by atoms with Crippen LogP contribution in [0.5, 0.6) is 5.75 Å². The number of amidine groups is 1. The summed E-state index contributed by atoms with van der Waals surface area (Å²) in [6, 6.07) is 9.56. The summed E-state index contributed by atoms with van der Waals surface area (Å²) in [6.07, 6.45) is 2.28. The normalized spacial score (nSPS) is 15.8. The summed E-state index contributed by atoms with van der Waals surface area (Å²) >= 11 is 0. The summed E-state index contributed by atoms with van der Waals surface area (Å²) in [4.78, 5) is 6.39. The molecular formula is C13H15N3O. The van der Waals surface area contributed by atoms with Crippen LogP contribution in [0.2, 0.25) is 0 Å². The van der Waals surface area contributed by atoms with Gasteiger partial charge < -0.3 is 9.64 Å². The van der Waals surface area contributed by atoms with Gasteiger partial charge in [-0.05, 0) is 37.1 Å². The van der Waals surface area contributed by atoms with Crippen molar-refractivity contribution in [3.05, 3.63) is 24.3 Å². The lowest BCUT2D eigenvalue weighted by atomic mass is 10.3. The maximum atomic E-state index is 9.10. The molecule has 88 valence electrons. The van der Waals surface area contributed by atoms with Crippen molar-refractivity contribution in [3.63, 3.8) is 0 Å². The van der Waals surface area contributed by atoms with Crippen LogP contribution in [0.3, 0.4) is 0 Å². The summed E-state index contributed by atoms with van der Waals surface area (Å²) in [5.41, 5.74) is 0.786. The van der Waals surface area contributed by atoms with Crippen LogP contribution in [0.25, 0.3) is 0 Å². The Hall–Kier alpha value is -2.02. The standard InChI is InChI=1S/C13H15N3O/c1-17-12-6-4-11(5-7-12)15-13(10-14)16-8-2-3-9-16/h4-7H,2-3,8-9H2,1H3. The van der Waals surface area contributed by atoms with E-state index in [1.54, 1.807) is 7.11 Å². The van der Waals surface area contributed by atoms with Crippen molar-refractivity contribution >= 4 is 11.5 Å². The summed E-state index contributed by atoms with van der Waals surface area (Å²) in [5, 5.41) is 9.10. The van der Waals surface area contributed by atoms with E-state index in [1.807, 2.05) is 29.2 Å². The van der Waals surface area contributed by atoms with E-state index in [0.717, 1.165) is 37.4 Å². The number of methoxy groups -OCH3 is 1. The van der Waals surface area contributed by atoms with Crippen LogP contribution in [0.15, 0.2) is 29.3 Å². The van der Waals surface area contributed by atoms with E-state index in [0.29, 0.717) is 5.84 Å². The van der Waals surface area contributed by atoms with Crippen molar-refractivity contribution in [2.24, 2.45) is 4.99 Å². The molecule has 2 rings (SSSR count). The highest BCUT2D eigenvalue weighted by Crippen LogP contribution is 2.19. The largest absolute Gasteiger partial charge is 0.497 e. The Bertz CT molecular complexity index is 439. The number of rotatable bonds is 2. The van der Waals surface area contributed by atoms with E-state index in [2.05, 4.69) is 11.1 Å². The van der Waals surface area contributed by atoms with Crippen molar-refractivity contribution in [1.82, 2.24) is 4.90 Å². The first-order chi connectivity index (χ1) is 8.33.